The summed E-state index contributed by atoms with van der Waals surface area (Å²) in [5, 5.41) is 0. The van der Waals surface area contributed by atoms with E-state index < -0.39 is 11.9 Å². The van der Waals surface area contributed by atoms with Crippen LogP contribution >= 0.6 is 0 Å². The highest BCUT2D eigenvalue weighted by molar-refractivity contribution is 5.98. The highest BCUT2D eigenvalue weighted by atomic mass is 16.5. The summed E-state index contributed by atoms with van der Waals surface area (Å²) < 4.78 is 11.7. The zero-order valence-electron chi connectivity index (χ0n) is 16.2. The highest BCUT2D eigenvalue weighted by Crippen LogP contribution is 2.20. The summed E-state index contributed by atoms with van der Waals surface area (Å²) in [7, 11) is 0. The topological polar surface area (TPSA) is 103 Å². The molecule has 3 aromatic rings. The van der Waals surface area contributed by atoms with Crippen LogP contribution in [0, 0.1) is 20.8 Å². The van der Waals surface area contributed by atoms with Crippen LogP contribution in [0.25, 0.3) is 5.65 Å². The first-order valence-corrected chi connectivity index (χ1v) is 8.84. The predicted octanol–water partition coefficient (Wildman–Crippen LogP) is 2.48. The van der Waals surface area contributed by atoms with Gasteiger partial charge in [-0.15, -0.1) is 0 Å². The van der Waals surface area contributed by atoms with Crippen LogP contribution in [-0.2, 0) is 16.1 Å². The van der Waals surface area contributed by atoms with Crippen molar-refractivity contribution in [3.05, 3.63) is 68.5 Å². The average molecular weight is 383 g/mol. The van der Waals surface area contributed by atoms with Crippen molar-refractivity contribution >= 4 is 17.6 Å². The molecule has 0 aliphatic heterocycles. The number of nitrogens with one attached hydrogen (secondary N) is 1. The molecule has 0 atom stereocenters. The first kappa shape index (κ1) is 19.3. The second-order valence-electron chi connectivity index (χ2n) is 6.44. The third-order valence-corrected chi connectivity index (χ3v) is 4.33. The van der Waals surface area contributed by atoms with Crippen LogP contribution in [0.15, 0.2) is 29.2 Å². The minimum Gasteiger partial charge on any atom is -0.462 e. The first-order chi connectivity index (χ1) is 13.3. The maximum absolute atomic E-state index is 12.5. The van der Waals surface area contributed by atoms with Crippen molar-refractivity contribution in [1.29, 1.82) is 0 Å². The van der Waals surface area contributed by atoms with Crippen LogP contribution in [-0.4, -0.2) is 32.9 Å². The van der Waals surface area contributed by atoms with Gasteiger partial charge in [0.15, 0.2) is 0 Å². The Morgan fingerprint density at radius 2 is 1.89 bits per heavy atom. The standard InChI is InChI=1S/C20H21N3O5/c1-5-27-19(25)17-12(3)18(21-13(17)4)20(26)28-10-14-8-16(24)23-9-11(2)6-7-15(23)22-14/h6-9,21H,5,10H2,1-4H3. The van der Waals surface area contributed by atoms with Gasteiger partial charge < -0.3 is 14.5 Å². The molecule has 0 unspecified atom stereocenters. The first-order valence-electron chi connectivity index (χ1n) is 8.84. The number of carbonyl (C=O) groups is 2. The summed E-state index contributed by atoms with van der Waals surface area (Å²) in [6.07, 6.45) is 1.70. The fourth-order valence-corrected chi connectivity index (χ4v) is 3.01. The lowest BCUT2D eigenvalue weighted by molar-refractivity contribution is 0.0460. The lowest BCUT2D eigenvalue weighted by atomic mass is 10.1. The summed E-state index contributed by atoms with van der Waals surface area (Å²) in [6.45, 7) is 7.01. The molecule has 0 fully saturated rings. The van der Waals surface area contributed by atoms with E-state index in [0.717, 1.165) is 5.56 Å². The van der Waals surface area contributed by atoms with Gasteiger partial charge in [0.05, 0.1) is 17.9 Å². The van der Waals surface area contributed by atoms with Gasteiger partial charge in [-0.1, -0.05) is 6.07 Å². The Kier molecular flexibility index (Phi) is 5.30. The minimum atomic E-state index is -0.637. The molecule has 0 radical (unpaired) electrons. The number of esters is 2. The molecule has 0 saturated carbocycles. The molecule has 0 aliphatic carbocycles. The Labute approximate surface area is 161 Å². The van der Waals surface area contributed by atoms with Gasteiger partial charge in [-0.2, -0.15) is 0 Å². The maximum atomic E-state index is 12.5. The zero-order chi connectivity index (χ0) is 20.4. The van der Waals surface area contributed by atoms with E-state index in [9.17, 15) is 14.4 Å². The molecule has 146 valence electrons. The van der Waals surface area contributed by atoms with E-state index >= 15 is 0 Å². The van der Waals surface area contributed by atoms with Crippen molar-refractivity contribution in [3.8, 4) is 0 Å². The number of aryl methyl sites for hydroxylation is 2. The lowest BCUT2D eigenvalue weighted by Crippen LogP contribution is -2.17. The summed E-state index contributed by atoms with van der Waals surface area (Å²) in [5.74, 6) is -1.13. The van der Waals surface area contributed by atoms with Crippen molar-refractivity contribution in [2.24, 2.45) is 0 Å². The molecule has 0 amide bonds. The quantitative estimate of drug-likeness (QED) is 0.679. The van der Waals surface area contributed by atoms with Crippen LogP contribution in [0.4, 0.5) is 0 Å². The fourth-order valence-electron chi connectivity index (χ4n) is 3.01. The van der Waals surface area contributed by atoms with Crippen LogP contribution in [0.1, 0.15) is 50.3 Å². The molecule has 3 heterocycles. The number of pyridine rings is 1. The number of hydrogen-bond donors (Lipinski definition) is 1. The Balaban J connectivity index is 1.80. The molecule has 0 aromatic carbocycles. The van der Waals surface area contributed by atoms with Gasteiger partial charge in [0, 0.05) is 18.0 Å². The van der Waals surface area contributed by atoms with Gasteiger partial charge in [0.2, 0.25) is 0 Å². The van der Waals surface area contributed by atoms with E-state index in [1.165, 1.54) is 10.5 Å². The number of carbonyl (C=O) groups excluding carboxylic acids is 2. The number of ether oxygens (including phenoxy) is 2. The normalized spacial score (nSPS) is 10.9. The third-order valence-electron chi connectivity index (χ3n) is 4.33. The van der Waals surface area contributed by atoms with Gasteiger partial charge in [0.25, 0.3) is 5.56 Å². The van der Waals surface area contributed by atoms with Gasteiger partial charge >= 0.3 is 11.9 Å². The Morgan fingerprint density at radius 1 is 1.14 bits per heavy atom. The predicted molar refractivity (Wildman–Crippen MR) is 102 cm³/mol. The Bertz CT molecular complexity index is 1130. The molecule has 0 bridgehead atoms. The van der Waals surface area contributed by atoms with Crippen LogP contribution in [0.3, 0.4) is 0 Å². The van der Waals surface area contributed by atoms with Crippen molar-refractivity contribution < 1.29 is 19.1 Å². The van der Waals surface area contributed by atoms with Gasteiger partial charge in [-0.25, -0.2) is 14.6 Å². The Morgan fingerprint density at radius 3 is 2.61 bits per heavy atom. The monoisotopic (exact) mass is 383 g/mol. The van der Waals surface area contributed by atoms with E-state index in [1.54, 1.807) is 33.0 Å². The van der Waals surface area contributed by atoms with Crippen molar-refractivity contribution in [2.75, 3.05) is 6.61 Å². The molecule has 0 aliphatic rings. The number of nitrogens with zero attached hydrogens (tertiary/aromatic N) is 2. The van der Waals surface area contributed by atoms with E-state index in [-0.39, 0.29) is 24.5 Å². The van der Waals surface area contributed by atoms with Crippen LogP contribution in [0.2, 0.25) is 0 Å². The highest BCUT2D eigenvalue weighted by Gasteiger charge is 2.23. The molecule has 0 saturated heterocycles. The molecule has 1 N–H and O–H groups in total. The molecular formula is C20H21N3O5. The SMILES string of the molecule is CCOC(=O)c1c(C)[nH]c(C(=O)OCc2cc(=O)n3cc(C)ccc3n2)c1C. The van der Waals surface area contributed by atoms with Gasteiger partial charge in [-0.3, -0.25) is 9.20 Å². The minimum absolute atomic E-state index is 0.162. The number of aromatic amines is 1. The van der Waals surface area contributed by atoms with Gasteiger partial charge in [-0.05, 0) is 44.9 Å². The third kappa shape index (κ3) is 3.66. The van der Waals surface area contributed by atoms with E-state index in [2.05, 4.69) is 9.97 Å². The summed E-state index contributed by atoms with van der Waals surface area (Å²) >= 11 is 0. The van der Waals surface area contributed by atoms with Crippen LogP contribution in [0.5, 0.6) is 0 Å². The number of H-pyrrole nitrogens is 1. The average Bonchev–Trinajstić information content (AvgIpc) is 2.95. The number of fused-ring (bicyclic) bond motifs is 1. The number of rotatable bonds is 5. The summed E-state index contributed by atoms with van der Waals surface area (Å²) in [6, 6.07) is 4.91. The van der Waals surface area contributed by atoms with Gasteiger partial charge in [0.1, 0.15) is 17.9 Å². The molecule has 0 spiro atoms. The maximum Gasteiger partial charge on any atom is 0.355 e. The second kappa shape index (κ2) is 7.67. The molecule has 3 rings (SSSR count). The summed E-state index contributed by atoms with van der Waals surface area (Å²) in [5.41, 5.74) is 2.99. The van der Waals surface area contributed by atoms with E-state index in [1.807, 2.05) is 13.0 Å². The smallest absolute Gasteiger partial charge is 0.355 e. The largest absolute Gasteiger partial charge is 0.462 e. The van der Waals surface area contributed by atoms with Crippen molar-refractivity contribution in [3.63, 3.8) is 0 Å². The summed E-state index contributed by atoms with van der Waals surface area (Å²) in [4.78, 5) is 44.0. The fraction of sp³-hybridized carbons (Fsp3) is 0.300. The van der Waals surface area contributed by atoms with E-state index in [4.69, 9.17) is 9.47 Å². The van der Waals surface area contributed by atoms with Crippen LogP contribution < -0.4 is 5.56 Å². The molecule has 28 heavy (non-hydrogen) atoms. The number of hydrogen-bond acceptors (Lipinski definition) is 6. The molecular weight excluding hydrogens is 362 g/mol. The van der Waals surface area contributed by atoms with E-state index in [0.29, 0.717) is 28.2 Å². The van der Waals surface area contributed by atoms with Crippen molar-refractivity contribution in [1.82, 2.24) is 14.4 Å². The Hall–Kier alpha value is -3.42. The lowest BCUT2D eigenvalue weighted by Gasteiger charge is -2.07. The molecule has 3 aromatic heterocycles. The molecule has 8 heteroatoms. The zero-order valence-corrected chi connectivity index (χ0v) is 16.2. The second-order valence-corrected chi connectivity index (χ2v) is 6.44. The molecule has 8 nitrogen and oxygen atoms in total. The van der Waals surface area contributed by atoms with Crippen molar-refractivity contribution in [2.45, 2.75) is 34.3 Å². The number of aromatic nitrogens is 3.